The maximum absolute atomic E-state index is 9.64. The van der Waals surface area contributed by atoms with Crippen LogP contribution in [-0.2, 0) is 0 Å². The number of hydrogen-bond acceptors (Lipinski definition) is 5. The molecular weight excluding hydrogens is 400 g/mol. The fourth-order valence-electron chi connectivity index (χ4n) is 3.02. The highest BCUT2D eigenvalue weighted by atomic mass is 79.9. The van der Waals surface area contributed by atoms with Crippen LogP contribution in [0.2, 0.25) is 0 Å². The van der Waals surface area contributed by atoms with Gasteiger partial charge >= 0.3 is 0 Å². The van der Waals surface area contributed by atoms with Crippen LogP contribution in [0.3, 0.4) is 0 Å². The van der Waals surface area contributed by atoms with Crippen LogP contribution >= 0.6 is 27.3 Å². The molecule has 0 saturated carbocycles. The molecule has 0 amide bonds. The summed E-state index contributed by atoms with van der Waals surface area (Å²) in [5.74, 6) is 0.416. The summed E-state index contributed by atoms with van der Waals surface area (Å²) in [4.78, 5) is 1.02. The lowest BCUT2D eigenvalue weighted by atomic mass is 9.89. The largest absolute Gasteiger partial charge is 0.422 e. The number of nitrogens with zero attached hydrogens (tertiary/aromatic N) is 3. The summed E-state index contributed by atoms with van der Waals surface area (Å²) in [6.07, 6.45) is 0. The van der Waals surface area contributed by atoms with Crippen LogP contribution in [0.25, 0.3) is 5.69 Å². The van der Waals surface area contributed by atoms with Crippen molar-refractivity contribution in [1.82, 2.24) is 9.78 Å². The summed E-state index contributed by atoms with van der Waals surface area (Å²) in [6, 6.07) is 13.9. The molecule has 0 spiro atoms. The van der Waals surface area contributed by atoms with Crippen LogP contribution in [0.4, 0.5) is 0 Å². The molecule has 7 heteroatoms. The molecule has 2 N–H and O–H groups in total. The van der Waals surface area contributed by atoms with E-state index in [1.807, 2.05) is 48.7 Å². The van der Waals surface area contributed by atoms with Crippen molar-refractivity contribution in [2.24, 2.45) is 5.73 Å². The van der Waals surface area contributed by atoms with Crippen molar-refractivity contribution < 1.29 is 4.74 Å². The van der Waals surface area contributed by atoms with Gasteiger partial charge in [-0.2, -0.15) is 10.4 Å². The van der Waals surface area contributed by atoms with Crippen LogP contribution in [0, 0.1) is 18.3 Å². The summed E-state index contributed by atoms with van der Waals surface area (Å²) >= 11 is 5.06. The minimum Gasteiger partial charge on any atom is -0.422 e. The lowest BCUT2D eigenvalue weighted by Gasteiger charge is -2.23. The molecule has 0 fully saturated rings. The lowest BCUT2D eigenvalue weighted by Crippen LogP contribution is -2.21. The summed E-state index contributed by atoms with van der Waals surface area (Å²) in [7, 11) is 0. The van der Waals surface area contributed by atoms with Crippen LogP contribution in [0.1, 0.15) is 22.1 Å². The third kappa shape index (κ3) is 2.54. The van der Waals surface area contributed by atoms with Gasteiger partial charge in [-0.05, 0) is 41.1 Å². The van der Waals surface area contributed by atoms with E-state index in [0.29, 0.717) is 11.5 Å². The minimum atomic E-state index is -0.275. The summed E-state index contributed by atoms with van der Waals surface area (Å²) in [5.41, 5.74) is 9.07. The highest BCUT2D eigenvalue weighted by Crippen LogP contribution is 2.46. The second-order valence-electron chi connectivity index (χ2n) is 5.64. The highest BCUT2D eigenvalue weighted by Gasteiger charge is 2.36. The van der Waals surface area contributed by atoms with Gasteiger partial charge in [0.15, 0.2) is 0 Å². The first kappa shape index (κ1) is 15.9. The molecule has 0 radical (unpaired) electrons. The van der Waals surface area contributed by atoms with E-state index < -0.39 is 0 Å². The Morgan fingerprint density at radius 3 is 2.76 bits per heavy atom. The summed E-state index contributed by atoms with van der Waals surface area (Å²) in [5, 5.41) is 16.3. The van der Waals surface area contributed by atoms with Gasteiger partial charge in [0.25, 0.3) is 0 Å². The second kappa shape index (κ2) is 6.06. The van der Waals surface area contributed by atoms with Crippen molar-refractivity contribution in [2.75, 3.05) is 0 Å². The number of para-hydroxylation sites is 1. The van der Waals surface area contributed by atoms with Crippen molar-refractivity contribution in [3.63, 3.8) is 0 Å². The molecule has 2 aromatic heterocycles. The molecule has 25 heavy (non-hydrogen) atoms. The third-order valence-electron chi connectivity index (χ3n) is 4.11. The Balaban J connectivity index is 1.96. The minimum absolute atomic E-state index is 0.126. The van der Waals surface area contributed by atoms with E-state index in [1.165, 1.54) is 0 Å². The number of nitriles is 1. The molecule has 1 aromatic carbocycles. The first-order valence-electron chi connectivity index (χ1n) is 7.56. The first-order chi connectivity index (χ1) is 12.1. The molecule has 1 atom stereocenters. The molecule has 0 saturated heterocycles. The van der Waals surface area contributed by atoms with Gasteiger partial charge in [0.2, 0.25) is 11.8 Å². The van der Waals surface area contributed by atoms with Crippen LogP contribution in [-0.4, -0.2) is 9.78 Å². The number of allylic oxidation sites excluding steroid dienone is 1. The number of ether oxygens (including phenoxy) is 1. The monoisotopic (exact) mass is 412 g/mol. The Bertz CT molecular complexity index is 1030. The molecular formula is C18H13BrN4OS. The lowest BCUT2D eigenvalue weighted by molar-refractivity contribution is 0.367. The molecule has 1 aliphatic rings. The van der Waals surface area contributed by atoms with Crippen molar-refractivity contribution >= 4 is 27.3 Å². The van der Waals surface area contributed by atoms with Gasteiger partial charge in [0.05, 0.1) is 22.9 Å². The highest BCUT2D eigenvalue weighted by molar-refractivity contribution is 9.10. The summed E-state index contributed by atoms with van der Waals surface area (Å²) in [6.45, 7) is 1.92. The molecule has 1 aliphatic heterocycles. The molecule has 3 aromatic rings. The summed E-state index contributed by atoms with van der Waals surface area (Å²) < 4.78 is 8.54. The molecule has 0 aliphatic carbocycles. The molecule has 1 unspecified atom stereocenters. The van der Waals surface area contributed by atoms with Crippen molar-refractivity contribution in [3.05, 3.63) is 73.8 Å². The topological polar surface area (TPSA) is 76.9 Å². The number of halogens is 1. The molecule has 124 valence electrons. The SMILES string of the molecule is Cc1nn(-c2ccccc2)c2c1C(c1cc(Br)cs1)C(C#N)=C(N)O2. The number of aromatic nitrogens is 2. The number of aryl methyl sites for hydroxylation is 1. The maximum Gasteiger partial charge on any atom is 0.229 e. The Hall–Kier alpha value is -2.56. The number of nitrogens with two attached hydrogens (primary N) is 1. The van der Waals surface area contributed by atoms with Gasteiger partial charge in [-0.15, -0.1) is 11.3 Å². The van der Waals surface area contributed by atoms with Gasteiger partial charge < -0.3 is 10.5 Å². The Morgan fingerprint density at radius 1 is 1.36 bits per heavy atom. The standard InChI is InChI=1S/C18H13BrN4OS/c1-10-15-16(14-7-11(19)9-25-14)13(8-20)17(21)24-18(15)23(22-10)12-5-3-2-4-6-12/h2-7,9,16H,21H2,1H3. The second-order valence-corrected chi connectivity index (χ2v) is 7.50. The molecule has 5 nitrogen and oxygen atoms in total. The molecule has 0 bridgehead atoms. The van der Waals surface area contributed by atoms with Crippen LogP contribution in [0.15, 0.2) is 57.7 Å². The van der Waals surface area contributed by atoms with E-state index in [9.17, 15) is 5.26 Å². The number of benzene rings is 1. The smallest absolute Gasteiger partial charge is 0.229 e. The number of thiophene rings is 1. The van der Waals surface area contributed by atoms with E-state index in [4.69, 9.17) is 10.5 Å². The fraction of sp³-hybridized carbons (Fsp3) is 0.111. The first-order valence-corrected chi connectivity index (χ1v) is 9.24. The van der Waals surface area contributed by atoms with E-state index in [-0.39, 0.29) is 11.8 Å². The van der Waals surface area contributed by atoms with Gasteiger partial charge in [-0.3, -0.25) is 0 Å². The van der Waals surface area contributed by atoms with E-state index in [2.05, 4.69) is 27.1 Å². The zero-order valence-electron chi connectivity index (χ0n) is 13.2. The number of fused-ring (bicyclic) bond motifs is 1. The Morgan fingerprint density at radius 2 is 2.12 bits per heavy atom. The van der Waals surface area contributed by atoms with Crippen LogP contribution < -0.4 is 10.5 Å². The van der Waals surface area contributed by atoms with Crippen LogP contribution in [0.5, 0.6) is 5.88 Å². The fourth-order valence-corrected chi connectivity index (χ4v) is 4.58. The number of hydrogen-bond donors (Lipinski definition) is 1. The zero-order chi connectivity index (χ0) is 17.6. The van der Waals surface area contributed by atoms with Gasteiger partial charge in [-0.1, -0.05) is 18.2 Å². The van der Waals surface area contributed by atoms with E-state index in [1.54, 1.807) is 16.0 Å². The van der Waals surface area contributed by atoms with E-state index in [0.717, 1.165) is 26.3 Å². The Labute approximate surface area is 157 Å². The predicted octanol–water partition coefficient (Wildman–Crippen LogP) is 4.22. The van der Waals surface area contributed by atoms with Crippen molar-refractivity contribution in [3.8, 4) is 17.6 Å². The molecule has 4 rings (SSSR count). The maximum atomic E-state index is 9.64. The normalized spacial score (nSPS) is 16.3. The quantitative estimate of drug-likeness (QED) is 0.683. The predicted molar refractivity (Wildman–Crippen MR) is 99.6 cm³/mol. The van der Waals surface area contributed by atoms with Crippen molar-refractivity contribution in [1.29, 1.82) is 5.26 Å². The van der Waals surface area contributed by atoms with E-state index >= 15 is 0 Å². The van der Waals surface area contributed by atoms with Crippen molar-refractivity contribution in [2.45, 2.75) is 12.8 Å². The van der Waals surface area contributed by atoms with Gasteiger partial charge in [-0.25, -0.2) is 4.68 Å². The Kier molecular flexibility index (Phi) is 3.86. The molecule has 3 heterocycles. The van der Waals surface area contributed by atoms with Gasteiger partial charge in [0.1, 0.15) is 11.6 Å². The average molecular weight is 413 g/mol. The van der Waals surface area contributed by atoms with Gasteiger partial charge in [0, 0.05) is 14.7 Å². The third-order valence-corrected chi connectivity index (χ3v) is 5.86. The number of rotatable bonds is 2. The zero-order valence-corrected chi connectivity index (χ0v) is 15.6. The average Bonchev–Trinajstić information content (AvgIpc) is 3.18.